The summed E-state index contributed by atoms with van der Waals surface area (Å²) in [6, 6.07) is 12.9. The third kappa shape index (κ3) is 10.6. The van der Waals surface area contributed by atoms with Gasteiger partial charge in [0.2, 0.25) is 11.8 Å². The topological polar surface area (TPSA) is 242 Å². The minimum Gasteiger partial charge on any atom is -0.475 e. The first kappa shape index (κ1) is 45.7. The number of carbonyl (C=O) groups excluding carboxylic acids is 4. The van der Waals surface area contributed by atoms with Gasteiger partial charge in [-0.05, 0) is 56.2 Å². The smallest absolute Gasteiger partial charge is 0.475 e. The van der Waals surface area contributed by atoms with E-state index in [9.17, 15) is 32.3 Å². The second kappa shape index (κ2) is 19.5. The second-order valence-electron chi connectivity index (χ2n) is 15.5. The highest BCUT2D eigenvalue weighted by atomic mass is 19.4. The number of aromatic amines is 2. The Kier molecular flexibility index (Phi) is 14.1. The van der Waals surface area contributed by atoms with Crippen LogP contribution < -0.4 is 11.1 Å². The molecule has 2 saturated heterocycles. The molecule has 1 unspecified atom stereocenters. The van der Waals surface area contributed by atoms with E-state index in [4.69, 9.17) is 30.3 Å². The fourth-order valence-electron chi connectivity index (χ4n) is 7.77. The van der Waals surface area contributed by atoms with Crippen LogP contribution >= 0.6 is 0 Å². The highest BCUT2D eigenvalue weighted by Crippen LogP contribution is 2.35. The number of rotatable bonds is 12. The Morgan fingerprint density at radius 3 is 1.89 bits per heavy atom. The predicted molar refractivity (Wildman–Crippen MR) is 223 cm³/mol. The number of nitrogens with one attached hydrogen (secondary N) is 3. The van der Waals surface area contributed by atoms with Crippen molar-refractivity contribution in [1.29, 1.82) is 0 Å². The average Bonchev–Trinajstić information content (AvgIpc) is 4.11. The lowest BCUT2D eigenvalue weighted by Gasteiger charge is -2.29. The Bertz CT molecular complexity index is 2460. The molecule has 0 bridgehead atoms. The van der Waals surface area contributed by atoms with Gasteiger partial charge in [0.25, 0.3) is 5.91 Å². The fourth-order valence-corrected chi connectivity index (χ4v) is 7.77. The summed E-state index contributed by atoms with van der Waals surface area (Å²) in [6.45, 7) is 8.31. The number of carbonyl (C=O) groups is 5. The van der Waals surface area contributed by atoms with Crippen LogP contribution in [-0.4, -0.2) is 106 Å². The minimum absolute atomic E-state index is 0.0861. The number of aliphatic carboxylic acids is 1. The molecule has 2 aromatic carbocycles. The van der Waals surface area contributed by atoms with Crippen LogP contribution in [0.15, 0.2) is 61.1 Å². The SMILES string of the molecule is CCC(C)[C@H](OC(N)=O)C(=O)N1CCC[C@H]1c1ncc(-c2ccc(-c3cnc4cc(-c5cnc([C@@H]6CCCN6C(=O)[C@@H](CC)NC(C)=O)[nH]5)ccc4n3)cc2)[nH]1.O=C(O)C(F)(F)F. The summed E-state index contributed by atoms with van der Waals surface area (Å²) in [5, 5.41) is 9.90. The molecule has 5 heterocycles. The van der Waals surface area contributed by atoms with Crippen molar-refractivity contribution in [3.05, 3.63) is 72.7 Å². The summed E-state index contributed by atoms with van der Waals surface area (Å²) < 4.78 is 37.0. The van der Waals surface area contributed by atoms with E-state index in [1.165, 1.54) is 6.92 Å². The molecule has 4 amide bonds. The van der Waals surface area contributed by atoms with Gasteiger partial charge in [0.15, 0.2) is 6.10 Å². The number of halogens is 3. The Hall–Kier alpha value is -6.86. The number of benzene rings is 2. The van der Waals surface area contributed by atoms with E-state index in [2.05, 4.69) is 25.3 Å². The molecule has 7 rings (SSSR count). The second-order valence-corrected chi connectivity index (χ2v) is 15.5. The zero-order valence-electron chi connectivity index (χ0n) is 35.1. The number of nitrogens with two attached hydrogens (primary N) is 1. The number of hydrogen-bond acceptors (Lipinski definition) is 10. The molecule has 6 N–H and O–H groups in total. The molecule has 63 heavy (non-hydrogen) atoms. The molecule has 334 valence electrons. The van der Waals surface area contributed by atoms with Crippen LogP contribution in [0.25, 0.3) is 44.8 Å². The Morgan fingerprint density at radius 1 is 0.825 bits per heavy atom. The molecule has 5 aromatic rings. The van der Waals surface area contributed by atoms with Crippen molar-refractivity contribution in [3.8, 4) is 33.8 Å². The van der Waals surface area contributed by atoms with Crippen molar-refractivity contribution in [1.82, 2.24) is 45.0 Å². The molecule has 2 aliphatic heterocycles. The van der Waals surface area contributed by atoms with E-state index in [0.717, 1.165) is 76.3 Å². The number of carboxylic acids is 1. The normalized spacial score (nSPS) is 17.7. The van der Waals surface area contributed by atoms with Gasteiger partial charge in [0, 0.05) is 37.1 Å². The number of ether oxygens (including phenoxy) is 1. The summed E-state index contributed by atoms with van der Waals surface area (Å²) in [7, 11) is 0. The quantitative estimate of drug-likeness (QED) is 0.0911. The number of H-pyrrole nitrogens is 2. The van der Waals surface area contributed by atoms with Crippen LogP contribution in [0.4, 0.5) is 18.0 Å². The maximum atomic E-state index is 13.5. The molecular formula is C43H49F3N10O7. The van der Waals surface area contributed by atoms with Gasteiger partial charge >= 0.3 is 18.2 Å². The molecule has 2 fully saturated rings. The number of nitrogens with zero attached hydrogens (tertiary/aromatic N) is 6. The molecule has 0 saturated carbocycles. The molecule has 0 radical (unpaired) electrons. The Labute approximate surface area is 360 Å². The first-order chi connectivity index (χ1) is 30.0. The lowest BCUT2D eigenvalue weighted by Crippen LogP contribution is -2.47. The first-order valence-electron chi connectivity index (χ1n) is 20.6. The summed E-state index contributed by atoms with van der Waals surface area (Å²) in [4.78, 5) is 88.3. The summed E-state index contributed by atoms with van der Waals surface area (Å²) in [6.07, 6.45) is 2.74. The molecule has 17 nitrogen and oxygen atoms in total. The van der Waals surface area contributed by atoms with Gasteiger partial charge < -0.3 is 40.7 Å². The summed E-state index contributed by atoms with van der Waals surface area (Å²) in [5.41, 5.74) is 11.9. The number of likely N-dealkylation sites (tertiary alicyclic amines) is 2. The lowest BCUT2D eigenvalue weighted by molar-refractivity contribution is -0.192. The van der Waals surface area contributed by atoms with Crippen molar-refractivity contribution in [2.75, 3.05) is 13.1 Å². The van der Waals surface area contributed by atoms with Crippen molar-refractivity contribution in [2.45, 2.75) is 96.6 Å². The van der Waals surface area contributed by atoms with E-state index in [1.54, 1.807) is 23.5 Å². The van der Waals surface area contributed by atoms with Gasteiger partial charge in [-0.3, -0.25) is 19.4 Å². The van der Waals surface area contributed by atoms with Crippen molar-refractivity contribution < 1.29 is 47.0 Å². The number of fused-ring (bicyclic) bond motifs is 1. The summed E-state index contributed by atoms with van der Waals surface area (Å²) >= 11 is 0. The lowest BCUT2D eigenvalue weighted by atomic mass is 10.00. The van der Waals surface area contributed by atoms with Crippen molar-refractivity contribution in [3.63, 3.8) is 0 Å². The minimum atomic E-state index is -5.08. The van der Waals surface area contributed by atoms with E-state index in [0.29, 0.717) is 31.8 Å². The fraction of sp³-hybridized carbons (Fsp3) is 0.419. The molecule has 0 aliphatic carbocycles. The van der Waals surface area contributed by atoms with Crippen molar-refractivity contribution >= 4 is 40.8 Å². The number of aromatic nitrogens is 6. The number of alkyl halides is 3. The van der Waals surface area contributed by atoms with E-state index in [-0.39, 0.29) is 35.7 Å². The molecule has 5 atom stereocenters. The van der Waals surface area contributed by atoms with Gasteiger partial charge in [-0.1, -0.05) is 51.1 Å². The van der Waals surface area contributed by atoms with E-state index >= 15 is 0 Å². The van der Waals surface area contributed by atoms with Crippen LogP contribution in [0.1, 0.15) is 90.0 Å². The third-order valence-corrected chi connectivity index (χ3v) is 11.2. The maximum Gasteiger partial charge on any atom is 0.490 e. The number of hydrogen-bond donors (Lipinski definition) is 5. The number of primary amides is 1. The number of amides is 4. The predicted octanol–water partition coefficient (Wildman–Crippen LogP) is 6.46. The zero-order chi connectivity index (χ0) is 45.6. The van der Waals surface area contributed by atoms with Gasteiger partial charge in [-0.2, -0.15) is 13.2 Å². The Morgan fingerprint density at radius 2 is 1.37 bits per heavy atom. The molecular weight excluding hydrogens is 826 g/mol. The van der Waals surface area contributed by atoms with Gasteiger partial charge in [-0.25, -0.2) is 24.5 Å². The van der Waals surface area contributed by atoms with Crippen LogP contribution in [0.2, 0.25) is 0 Å². The van der Waals surface area contributed by atoms with Gasteiger partial charge in [0.1, 0.15) is 17.7 Å². The van der Waals surface area contributed by atoms with E-state index in [1.807, 2.05) is 68.1 Å². The van der Waals surface area contributed by atoms with Crippen molar-refractivity contribution in [2.24, 2.45) is 11.7 Å². The summed E-state index contributed by atoms with van der Waals surface area (Å²) in [5.74, 6) is -2.08. The Balaban J connectivity index is 0.000000871. The average molecular weight is 875 g/mol. The number of carboxylic acid groups (broad SMARTS) is 1. The molecule has 2 aliphatic rings. The highest BCUT2D eigenvalue weighted by Gasteiger charge is 2.40. The molecule has 0 spiro atoms. The first-order valence-corrected chi connectivity index (χ1v) is 20.6. The van der Waals surface area contributed by atoms with Gasteiger partial charge in [-0.15, -0.1) is 0 Å². The standard InChI is InChI=1S/C41H48N10O5.C2HF3O2/c1-5-23(3)36(56-41(42)55)40(54)51-18-8-10-35(51)38-44-21-32(48-38)26-13-11-25(12-14-26)31-20-43-30-19-27(15-16-29(30)47-31)33-22-45-37(49-33)34-9-7-17-50(34)39(53)28(6-2)46-24(4)52;3-2(4,5)1(6)7/h11-16,19-23,28,34-36H,5-10,17-18H2,1-4H3,(H2,42,55)(H,44,48)(H,45,49)(H,46,52);(H,6,7)/t23?,28-,34+,35+,36+;/m1./s1. The number of imidazole rings is 2. The highest BCUT2D eigenvalue weighted by molar-refractivity contribution is 5.87. The van der Waals surface area contributed by atoms with Crippen LogP contribution in [0, 0.1) is 5.92 Å². The van der Waals surface area contributed by atoms with Crippen LogP contribution in [0.3, 0.4) is 0 Å². The molecule has 3 aromatic heterocycles. The molecule has 20 heteroatoms. The van der Waals surface area contributed by atoms with Gasteiger partial charge in [0.05, 0.1) is 58.8 Å². The van der Waals surface area contributed by atoms with Crippen LogP contribution in [0.5, 0.6) is 0 Å². The zero-order valence-corrected chi connectivity index (χ0v) is 35.1. The van der Waals surface area contributed by atoms with Crippen LogP contribution in [-0.2, 0) is 23.9 Å². The maximum absolute atomic E-state index is 13.5. The largest absolute Gasteiger partial charge is 0.490 e. The van der Waals surface area contributed by atoms with E-state index < -0.39 is 30.4 Å². The third-order valence-electron chi connectivity index (χ3n) is 11.2. The monoisotopic (exact) mass is 874 g/mol.